The molecule has 2 aromatic carbocycles. The highest BCUT2D eigenvalue weighted by molar-refractivity contribution is 6.74. The summed E-state index contributed by atoms with van der Waals surface area (Å²) in [4.78, 5) is 0. The lowest BCUT2D eigenvalue weighted by molar-refractivity contribution is -0.254. The molecule has 34 heavy (non-hydrogen) atoms. The summed E-state index contributed by atoms with van der Waals surface area (Å²) >= 11 is 0. The van der Waals surface area contributed by atoms with Gasteiger partial charge in [-0.1, -0.05) is 81.4 Å². The summed E-state index contributed by atoms with van der Waals surface area (Å²) in [6.45, 7) is 14.4. The third-order valence-corrected chi connectivity index (χ3v) is 11.7. The van der Waals surface area contributed by atoms with Gasteiger partial charge in [-0.3, -0.25) is 0 Å². The average Bonchev–Trinajstić information content (AvgIpc) is 2.79. The molecule has 1 saturated heterocycles. The molecule has 0 saturated carbocycles. The van der Waals surface area contributed by atoms with Crippen LogP contribution in [-0.4, -0.2) is 50.6 Å². The monoisotopic (exact) mass is 486 g/mol. The van der Waals surface area contributed by atoms with Gasteiger partial charge in [0.05, 0.1) is 38.6 Å². The van der Waals surface area contributed by atoms with E-state index in [1.807, 2.05) is 55.5 Å². The minimum atomic E-state index is -2.06. The molecule has 0 radical (unpaired) electrons. The Morgan fingerprint density at radius 2 is 1.53 bits per heavy atom. The van der Waals surface area contributed by atoms with Crippen molar-refractivity contribution in [3.05, 3.63) is 71.8 Å². The Morgan fingerprint density at radius 3 is 2.06 bits per heavy atom. The minimum absolute atomic E-state index is 0.0624. The molecule has 1 N–H and O–H groups in total. The number of rotatable bonds is 10. The quantitative estimate of drug-likeness (QED) is 0.435. The maximum absolute atomic E-state index is 10.2. The lowest BCUT2D eigenvalue weighted by Crippen LogP contribution is -2.61. The number of aliphatic hydroxyl groups excluding tert-OH is 1. The van der Waals surface area contributed by atoms with E-state index in [4.69, 9.17) is 18.6 Å². The smallest absolute Gasteiger partial charge is 0.192 e. The zero-order valence-electron chi connectivity index (χ0n) is 21.6. The molecule has 1 fully saturated rings. The van der Waals surface area contributed by atoms with Crippen LogP contribution in [0.15, 0.2) is 60.7 Å². The SMILES string of the molecule is CC(C)(C)[Si](C)(C)O[C@H]1C[C@@H](OCc2ccccc2)[C@](C)(COCc2ccccc2)O[C@@H]1CO. The second kappa shape index (κ2) is 11.5. The molecule has 0 amide bonds. The van der Waals surface area contributed by atoms with Crippen molar-refractivity contribution in [2.75, 3.05) is 13.2 Å². The largest absolute Gasteiger partial charge is 0.411 e. The summed E-state index contributed by atoms with van der Waals surface area (Å²) in [5.74, 6) is 0. The predicted molar refractivity (Wildman–Crippen MR) is 138 cm³/mol. The molecule has 188 valence electrons. The summed E-state index contributed by atoms with van der Waals surface area (Å²) < 4.78 is 25.8. The van der Waals surface area contributed by atoms with Gasteiger partial charge >= 0.3 is 0 Å². The average molecular weight is 487 g/mol. The Hall–Kier alpha value is -1.54. The van der Waals surface area contributed by atoms with E-state index in [1.54, 1.807) is 0 Å². The third-order valence-electron chi connectivity index (χ3n) is 7.19. The fourth-order valence-corrected chi connectivity index (χ4v) is 5.39. The molecule has 0 unspecified atom stereocenters. The van der Waals surface area contributed by atoms with Gasteiger partial charge in [-0.25, -0.2) is 0 Å². The first-order valence-electron chi connectivity index (χ1n) is 12.3. The normalized spacial score (nSPS) is 25.9. The molecule has 2 aromatic rings. The Labute approximate surface area is 206 Å². The van der Waals surface area contributed by atoms with Crippen LogP contribution in [0.1, 0.15) is 45.2 Å². The molecule has 0 bridgehead atoms. The molecular formula is C28H42O5Si. The second-order valence-corrected chi connectivity index (χ2v) is 15.8. The molecule has 1 aliphatic rings. The highest BCUT2D eigenvalue weighted by atomic mass is 28.4. The van der Waals surface area contributed by atoms with Gasteiger partial charge in [0.1, 0.15) is 11.7 Å². The predicted octanol–water partition coefficient (Wildman–Crippen LogP) is 5.72. The fraction of sp³-hybridized carbons (Fsp3) is 0.571. The molecule has 0 spiro atoms. The lowest BCUT2D eigenvalue weighted by atomic mass is 9.88. The summed E-state index contributed by atoms with van der Waals surface area (Å²) in [7, 11) is -2.06. The van der Waals surface area contributed by atoms with Crippen molar-refractivity contribution in [3.8, 4) is 0 Å². The molecule has 0 aromatic heterocycles. The van der Waals surface area contributed by atoms with Crippen LogP contribution in [0.3, 0.4) is 0 Å². The minimum Gasteiger partial charge on any atom is -0.411 e. The molecule has 3 rings (SSSR count). The summed E-state index contributed by atoms with van der Waals surface area (Å²) in [6, 6.07) is 20.3. The highest BCUT2D eigenvalue weighted by Gasteiger charge is 2.50. The molecule has 1 aliphatic heterocycles. The number of hydrogen-bond donors (Lipinski definition) is 1. The van der Waals surface area contributed by atoms with Gasteiger partial charge in [0.25, 0.3) is 0 Å². The van der Waals surface area contributed by atoms with Crippen molar-refractivity contribution >= 4 is 8.32 Å². The van der Waals surface area contributed by atoms with E-state index >= 15 is 0 Å². The van der Waals surface area contributed by atoms with Crippen molar-refractivity contribution in [3.63, 3.8) is 0 Å². The highest BCUT2D eigenvalue weighted by Crippen LogP contribution is 2.41. The lowest BCUT2D eigenvalue weighted by Gasteiger charge is -2.50. The van der Waals surface area contributed by atoms with Crippen LogP contribution in [0.5, 0.6) is 0 Å². The molecule has 5 nitrogen and oxygen atoms in total. The van der Waals surface area contributed by atoms with E-state index in [0.717, 1.165) is 11.1 Å². The number of benzene rings is 2. The van der Waals surface area contributed by atoms with E-state index in [9.17, 15) is 5.11 Å². The van der Waals surface area contributed by atoms with Crippen molar-refractivity contribution in [2.45, 2.75) is 89.4 Å². The van der Waals surface area contributed by atoms with Crippen LogP contribution in [0.25, 0.3) is 0 Å². The molecule has 1 heterocycles. The maximum atomic E-state index is 10.2. The van der Waals surface area contributed by atoms with Crippen molar-refractivity contribution in [1.29, 1.82) is 0 Å². The number of ether oxygens (including phenoxy) is 3. The van der Waals surface area contributed by atoms with Crippen LogP contribution in [0.4, 0.5) is 0 Å². The molecular weight excluding hydrogens is 444 g/mol. The van der Waals surface area contributed by atoms with Crippen LogP contribution in [-0.2, 0) is 31.9 Å². The van der Waals surface area contributed by atoms with Gasteiger partial charge in [0, 0.05) is 6.42 Å². The van der Waals surface area contributed by atoms with Gasteiger partial charge in [-0.15, -0.1) is 0 Å². The first-order valence-corrected chi connectivity index (χ1v) is 15.2. The van der Waals surface area contributed by atoms with E-state index in [2.05, 4.69) is 46.0 Å². The summed E-state index contributed by atoms with van der Waals surface area (Å²) in [6.07, 6.45) is -0.235. The first kappa shape index (κ1) is 27.1. The fourth-order valence-electron chi connectivity index (χ4n) is 4.03. The first-order chi connectivity index (χ1) is 16.0. The third kappa shape index (κ3) is 7.00. The van der Waals surface area contributed by atoms with Crippen molar-refractivity contribution in [2.24, 2.45) is 0 Å². The zero-order chi connectivity index (χ0) is 24.8. The van der Waals surface area contributed by atoms with E-state index < -0.39 is 20.0 Å². The molecule has 6 heteroatoms. The topological polar surface area (TPSA) is 57.2 Å². The zero-order valence-corrected chi connectivity index (χ0v) is 22.6. The molecule has 0 aliphatic carbocycles. The maximum Gasteiger partial charge on any atom is 0.192 e. The van der Waals surface area contributed by atoms with E-state index in [-0.39, 0.29) is 23.9 Å². The molecule has 4 atom stereocenters. The van der Waals surface area contributed by atoms with Crippen LogP contribution < -0.4 is 0 Å². The van der Waals surface area contributed by atoms with Crippen molar-refractivity contribution in [1.82, 2.24) is 0 Å². The number of hydrogen-bond acceptors (Lipinski definition) is 5. The summed E-state index contributed by atoms with van der Waals surface area (Å²) in [5, 5.41) is 10.3. The van der Waals surface area contributed by atoms with E-state index in [1.165, 1.54) is 0 Å². The Bertz CT molecular complexity index is 867. The summed E-state index contributed by atoms with van der Waals surface area (Å²) in [5.41, 5.74) is 1.52. The van der Waals surface area contributed by atoms with Crippen LogP contribution in [0, 0.1) is 0 Å². The second-order valence-electron chi connectivity index (χ2n) is 11.1. The van der Waals surface area contributed by atoms with Gasteiger partial charge in [0.15, 0.2) is 8.32 Å². The van der Waals surface area contributed by atoms with E-state index in [0.29, 0.717) is 26.2 Å². The van der Waals surface area contributed by atoms with Gasteiger partial charge < -0.3 is 23.7 Å². The van der Waals surface area contributed by atoms with Crippen molar-refractivity contribution < 1.29 is 23.7 Å². The standard InChI is InChI=1S/C28H42O5Si/c1-27(2,3)34(5,6)33-24-17-26(31-20-23-15-11-8-12-16-23)28(4,32-25(24)18-29)21-30-19-22-13-9-7-10-14-22/h7-16,24-26,29H,17-21H2,1-6H3/t24-,25+,26+,28-/m0/s1. The van der Waals surface area contributed by atoms with Gasteiger partial charge in [-0.2, -0.15) is 0 Å². The van der Waals surface area contributed by atoms with Gasteiger partial charge in [-0.05, 0) is 36.2 Å². The van der Waals surface area contributed by atoms with Gasteiger partial charge in [0.2, 0.25) is 0 Å². The van der Waals surface area contributed by atoms with Crippen LogP contribution >= 0.6 is 0 Å². The Balaban J connectivity index is 1.76. The number of aliphatic hydroxyl groups is 1. The Morgan fingerprint density at radius 1 is 0.971 bits per heavy atom. The van der Waals surface area contributed by atoms with Crippen LogP contribution in [0.2, 0.25) is 18.1 Å². The Kier molecular flexibility index (Phi) is 9.12.